The van der Waals surface area contributed by atoms with Gasteiger partial charge in [0.25, 0.3) is 0 Å². The molecule has 2 fully saturated rings. The summed E-state index contributed by atoms with van der Waals surface area (Å²) >= 11 is 0. The van der Waals surface area contributed by atoms with E-state index < -0.39 is 47.2 Å². The normalized spacial score (nSPS) is 21.4. The predicted octanol–water partition coefficient (Wildman–Crippen LogP) is 1.90. The highest BCUT2D eigenvalue weighted by Gasteiger charge is 2.47. The summed E-state index contributed by atoms with van der Waals surface area (Å²) in [7, 11) is 0. The number of amides is 3. The number of nitrogens with one attached hydrogen (secondary N) is 1. The Morgan fingerprint density at radius 3 is 2.22 bits per heavy atom. The van der Waals surface area contributed by atoms with Crippen molar-refractivity contribution in [2.24, 2.45) is 0 Å². The Bertz CT molecular complexity index is 965. The summed E-state index contributed by atoms with van der Waals surface area (Å²) in [5.74, 6) is -1.99. The molecule has 2 heterocycles. The Morgan fingerprint density at radius 2 is 1.69 bits per heavy atom. The van der Waals surface area contributed by atoms with Crippen molar-refractivity contribution in [1.82, 2.24) is 15.1 Å². The van der Waals surface area contributed by atoms with Gasteiger partial charge in [-0.15, -0.1) is 0 Å². The van der Waals surface area contributed by atoms with Gasteiger partial charge in [-0.3, -0.25) is 14.5 Å². The molecule has 3 atom stereocenters. The first kappa shape index (κ1) is 27.4. The lowest BCUT2D eigenvalue weighted by Crippen LogP contribution is -2.59. The second-order valence-electron chi connectivity index (χ2n) is 10.6. The number of carboxylic acids is 1. The van der Waals surface area contributed by atoms with Gasteiger partial charge >= 0.3 is 12.1 Å². The van der Waals surface area contributed by atoms with Gasteiger partial charge < -0.3 is 25.2 Å². The molecule has 2 aliphatic heterocycles. The van der Waals surface area contributed by atoms with Gasteiger partial charge in [0.05, 0.1) is 11.5 Å². The van der Waals surface area contributed by atoms with Crippen molar-refractivity contribution in [3.63, 3.8) is 0 Å². The summed E-state index contributed by atoms with van der Waals surface area (Å²) in [6.45, 7) is 7.65. The number of ether oxygens (including phenoxy) is 1. The van der Waals surface area contributed by atoms with Crippen LogP contribution in [0.4, 0.5) is 4.79 Å². The number of carbonyl (C=O) groups excluding carboxylic acids is 3. The third kappa shape index (κ3) is 5.98. The van der Waals surface area contributed by atoms with E-state index in [1.54, 1.807) is 25.7 Å². The lowest BCUT2D eigenvalue weighted by atomic mass is 9.71. The van der Waals surface area contributed by atoms with Gasteiger partial charge in [0.15, 0.2) is 6.04 Å². The molecule has 0 bridgehead atoms. The summed E-state index contributed by atoms with van der Waals surface area (Å²) in [5, 5.41) is 21.8. The van der Waals surface area contributed by atoms with Crippen molar-refractivity contribution in [3.8, 4) is 0 Å². The minimum Gasteiger partial charge on any atom is -0.480 e. The van der Waals surface area contributed by atoms with Gasteiger partial charge in [-0.2, -0.15) is 0 Å². The molecule has 198 valence electrons. The lowest BCUT2D eigenvalue weighted by molar-refractivity contribution is -0.146. The fraction of sp³-hybridized carbons (Fsp3) is 0.615. The molecule has 10 nitrogen and oxygen atoms in total. The van der Waals surface area contributed by atoms with E-state index in [0.29, 0.717) is 19.4 Å². The molecule has 1 aromatic rings. The monoisotopic (exact) mass is 503 g/mol. The number of hydrogen-bond donors (Lipinski definition) is 3. The van der Waals surface area contributed by atoms with E-state index in [1.807, 2.05) is 30.3 Å². The minimum absolute atomic E-state index is 0.173. The van der Waals surface area contributed by atoms with E-state index in [0.717, 1.165) is 5.56 Å². The van der Waals surface area contributed by atoms with Crippen LogP contribution in [0.15, 0.2) is 30.3 Å². The summed E-state index contributed by atoms with van der Waals surface area (Å²) in [5.41, 5.74) is -0.997. The maximum absolute atomic E-state index is 13.5. The third-order valence-corrected chi connectivity index (χ3v) is 6.89. The van der Waals surface area contributed by atoms with Crippen LogP contribution in [0.2, 0.25) is 0 Å². The third-order valence-electron chi connectivity index (χ3n) is 6.89. The van der Waals surface area contributed by atoms with Crippen molar-refractivity contribution in [1.29, 1.82) is 0 Å². The van der Waals surface area contributed by atoms with Crippen LogP contribution >= 0.6 is 0 Å². The topological polar surface area (TPSA) is 136 Å². The van der Waals surface area contributed by atoms with Crippen LogP contribution in [0.1, 0.15) is 58.9 Å². The van der Waals surface area contributed by atoms with Crippen LogP contribution in [-0.2, 0) is 24.5 Å². The number of carboxylic acid groups (broad SMARTS) is 1. The number of aliphatic hydroxyl groups is 1. The van der Waals surface area contributed by atoms with Crippen molar-refractivity contribution < 1.29 is 34.1 Å². The van der Waals surface area contributed by atoms with Crippen LogP contribution in [0, 0.1) is 0 Å². The number of aliphatic hydroxyl groups excluding tert-OH is 1. The van der Waals surface area contributed by atoms with Crippen LogP contribution < -0.4 is 5.32 Å². The average Bonchev–Trinajstić information content (AvgIpc) is 3.31. The van der Waals surface area contributed by atoms with E-state index >= 15 is 0 Å². The number of hydrogen-bond acceptors (Lipinski definition) is 6. The molecule has 3 rings (SSSR count). The van der Waals surface area contributed by atoms with Crippen molar-refractivity contribution >= 4 is 23.9 Å². The Balaban J connectivity index is 1.77. The Hall–Kier alpha value is -3.14. The fourth-order valence-electron chi connectivity index (χ4n) is 4.95. The molecule has 3 amide bonds. The molecule has 0 radical (unpaired) electrons. The van der Waals surface area contributed by atoms with Gasteiger partial charge in [-0.1, -0.05) is 30.3 Å². The molecule has 10 heteroatoms. The van der Waals surface area contributed by atoms with Crippen molar-refractivity contribution in [3.05, 3.63) is 35.9 Å². The first-order valence-corrected chi connectivity index (χ1v) is 12.4. The molecule has 3 N–H and O–H groups in total. The highest BCUT2D eigenvalue weighted by molar-refractivity contribution is 5.92. The second kappa shape index (κ2) is 10.9. The maximum Gasteiger partial charge on any atom is 0.410 e. The quantitative estimate of drug-likeness (QED) is 0.539. The standard InChI is InChI=1S/C26H37N3O7/c1-17(30)20(22(32)33)27-23(34)26(18-9-6-5-7-10-18)12-15-28(16-13-26)21(31)19-11-8-14-29(19)24(35)36-25(2,3)4/h5-7,9-10,17,19-20,30H,8,11-16H2,1-4H3,(H,27,34)(H,32,33)/t17?,19-,20+/m0/s1. The molecule has 0 aromatic heterocycles. The summed E-state index contributed by atoms with van der Waals surface area (Å²) < 4.78 is 5.48. The second-order valence-corrected chi connectivity index (χ2v) is 10.6. The zero-order valence-corrected chi connectivity index (χ0v) is 21.4. The van der Waals surface area contributed by atoms with Crippen LogP contribution in [0.25, 0.3) is 0 Å². The van der Waals surface area contributed by atoms with Crippen molar-refractivity contribution in [2.75, 3.05) is 19.6 Å². The average molecular weight is 504 g/mol. The van der Waals surface area contributed by atoms with Gasteiger partial charge in [-0.05, 0) is 58.9 Å². The van der Waals surface area contributed by atoms with E-state index in [4.69, 9.17) is 4.74 Å². The molecule has 1 aromatic carbocycles. The Morgan fingerprint density at radius 1 is 1.08 bits per heavy atom. The van der Waals surface area contributed by atoms with Crippen LogP contribution in [-0.4, -0.2) is 87.3 Å². The molecule has 1 unspecified atom stereocenters. The Labute approximate surface area is 211 Å². The number of carbonyl (C=O) groups is 4. The molecule has 36 heavy (non-hydrogen) atoms. The summed E-state index contributed by atoms with van der Waals surface area (Å²) in [6.07, 6.45) is 0.0247. The van der Waals surface area contributed by atoms with E-state index in [2.05, 4.69) is 5.32 Å². The number of benzene rings is 1. The highest BCUT2D eigenvalue weighted by Crippen LogP contribution is 2.37. The first-order valence-electron chi connectivity index (χ1n) is 12.4. The smallest absolute Gasteiger partial charge is 0.410 e. The zero-order chi connectivity index (χ0) is 26.7. The lowest BCUT2D eigenvalue weighted by Gasteiger charge is -2.42. The fourth-order valence-corrected chi connectivity index (χ4v) is 4.95. The summed E-state index contributed by atoms with van der Waals surface area (Å²) in [6, 6.07) is 7.02. The van der Waals surface area contributed by atoms with Gasteiger partial charge in [0.1, 0.15) is 11.6 Å². The summed E-state index contributed by atoms with van der Waals surface area (Å²) in [4.78, 5) is 54.3. The number of aliphatic carboxylic acids is 1. The van der Waals surface area contributed by atoms with E-state index in [1.165, 1.54) is 11.8 Å². The van der Waals surface area contributed by atoms with Gasteiger partial charge in [0, 0.05) is 19.6 Å². The van der Waals surface area contributed by atoms with E-state index in [9.17, 15) is 29.4 Å². The van der Waals surface area contributed by atoms with Gasteiger partial charge in [0.2, 0.25) is 11.8 Å². The van der Waals surface area contributed by atoms with Crippen LogP contribution in [0.3, 0.4) is 0 Å². The number of piperidine rings is 1. The van der Waals surface area contributed by atoms with E-state index in [-0.39, 0.29) is 31.8 Å². The molecule has 0 spiro atoms. The Kier molecular flexibility index (Phi) is 8.28. The predicted molar refractivity (Wildman–Crippen MR) is 131 cm³/mol. The molecule has 2 aliphatic rings. The number of rotatable bonds is 6. The molecule has 0 aliphatic carbocycles. The van der Waals surface area contributed by atoms with Gasteiger partial charge in [-0.25, -0.2) is 9.59 Å². The largest absolute Gasteiger partial charge is 0.480 e. The number of likely N-dealkylation sites (tertiary alicyclic amines) is 2. The molecular weight excluding hydrogens is 466 g/mol. The molecule has 0 saturated carbocycles. The molecular formula is C26H37N3O7. The van der Waals surface area contributed by atoms with Crippen molar-refractivity contribution in [2.45, 2.75) is 82.6 Å². The zero-order valence-electron chi connectivity index (χ0n) is 21.4. The minimum atomic E-state index is -1.45. The number of nitrogens with zero attached hydrogens (tertiary/aromatic N) is 2. The SMILES string of the molecule is CC(O)[C@@H](NC(=O)C1(c2ccccc2)CCN(C(=O)[C@@H]2CCCN2C(=O)OC(C)(C)C)CC1)C(=O)O. The molecule has 2 saturated heterocycles. The maximum atomic E-state index is 13.5. The highest BCUT2D eigenvalue weighted by atomic mass is 16.6. The van der Waals surface area contributed by atoms with Crippen LogP contribution in [0.5, 0.6) is 0 Å². The first-order chi connectivity index (χ1) is 16.9.